The second-order valence-corrected chi connectivity index (χ2v) is 10.8. The van der Waals surface area contributed by atoms with Crippen molar-refractivity contribution >= 4 is 30.5 Å². The van der Waals surface area contributed by atoms with Crippen molar-refractivity contribution in [2.75, 3.05) is 0 Å². The van der Waals surface area contributed by atoms with E-state index in [1.54, 1.807) is 0 Å². The molecule has 0 spiro atoms. The Labute approximate surface area is 215 Å². The highest BCUT2D eigenvalue weighted by molar-refractivity contribution is 7.80. The number of aliphatic hydroxyl groups is 1. The Balaban J connectivity index is 2.87. The first-order chi connectivity index (χ1) is 16.4. The second kappa shape index (κ2) is 15.7. The van der Waals surface area contributed by atoms with Crippen molar-refractivity contribution in [1.29, 1.82) is 0 Å². The number of rotatable bonds is 14. The first-order valence-electron chi connectivity index (χ1n) is 12.3. The molecule has 0 fully saturated rings. The van der Waals surface area contributed by atoms with Crippen LogP contribution in [0.4, 0.5) is 4.79 Å². The van der Waals surface area contributed by atoms with Crippen molar-refractivity contribution in [3.63, 3.8) is 0 Å². The van der Waals surface area contributed by atoms with Crippen LogP contribution in [0.5, 0.6) is 0 Å². The minimum absolute atomic E-state index is 0.0877. The van der Waals surface area contributed by atoms with Crippen molar-refractivity contribution in [2.45, 2.75) is 91.0 Å². The molecule has 8 nitrogen and oxygen atoms in total. The lowest BCUT2D eigenvalue weighted by Gasteiger charge is -2.28. The third-order valence-electron chi connectivity index (χ3n) is 5.28. The summed E-state index contributed by atoms with van der Waals surface area (Å²) in [6, 6.07) is 7.04. The minimum Gasteiger partial charge on any atom is -0.445 e. The van der Waals surface area contributed by atoms with Crippen molar-refractivity contribution in [3.05, 3.63) is 35.9 Å². The van der Waals surface area contributed by atoms with Crippen LogP contribution < -0.4 is 16.0 Å². The summed E-state index contributed by atoms with van der Waals surface area (Å²) in [6.45, 7) is 11.9. The average molecular weight is 510 g/mol. The maximum atomic E-state index is 13.2. The van der Waals surface area contributed by atoms with E-state index in [0.717, 1.165) is 5.56 Å². The topological polar surface area (TPSA) is 117 Å². The number of carbonyl (C=O) groups excluding carboxylic acids is 3. The van der Waals surface area contributed by atoms with Crippen LogP contribution in [0.25, 0.3) is 0 Å². The number of nitrogens with one attached hydrogen (secondary N) is 3. The quantitative estimate of drug-likeness (QED) is 0.194. The molecule has 0 aliphatic carbocycles. The SMILES string of the molecule is CC(C)C[C@H](NC(=O)OCc1ccccc1)C(=O)N[C@@H](CC(C)C)C(=O)N[C@@H](CC(C)C)[C@H](O)S. The molecule has 198 valence electrons. The smallest absolute Gasteiger partial charge is 0.408 e. The first-order valence-corrected chi connectivity index (χ1v) is 12.8. The van der Waals surface area contributed by atoms with Crippen LogP contribution in [0.1, 0.15) is 66.4 Å². The van der Waals surface area contributed by atoms with Crippen LogP contribution in [0.2, 0.25) is 0 Å². The summed E-state index contributed by atoms with van der Waals surface area (Å²) < 4.78 is 5.28. The van der Waals surface area contributed by atoms with E-state index >= 15 is 0 Å². The van der Waals surface area contributed by atoms with Gasteiger partial charge in [-0.15, -0.1) is 12.6 Å². The van der Waals surface area contributed by atoms with E-state index in [0.29, 0.717) is 19.3 Å². The highest BCUT2D eigenvalue weighted by Crippen LogP contribution is 2.13. The number of hydrogen-bond donors (Lipinski definition) is 5. The molecule has 0 aliphatic rings. The van der Waals surface area contributed by atoms with Crippen molar-refractivity contribution in [2.24, 2.45) is 17.8 Å². The predicted octanol–water partition coefficient (Wildman–Crippen LogP) is 3.64. The molecule has 4 atom stereocenters. The molecule has 0 radical (unpaired) electrons. The van der Waals surface area contributed by atoms with Crippen LogP contribution >= 0.6 is 12.6 Å². The van der Waals surface area contributed by atoms with E-state index in [9.17, 15) is 19.5 Å². The Morgan fingerprint density at radius 2 is 1.29 bits per heavy atom. The fourth-order valence-corrected chi connectivity index (χ4v) is 3.83. The van der Waals surface area contributed by atoms with Gasteiger partial charge in [-0.2, -0.15) is 0 Å². The van der Waals surface area contributed by atoms with Gasteiger partial charge in [0.15, 0.2) is 0 Å². The van der Waals surface area contributed by atoms with Crippen LogP contribution in [-0.4, -0.2) is 46.6 Å². The van der Waals surface area contributed by atoms with Gasteiger partial charge in [0, 0.05) is 0 Å². The number of amides is 3. The highest BCUT2D eigenvalue weighted by Gasteiger charge is 2.30. The molecular formula is C26H43N3O5S. The standard InChI is InChI=1S/C26H43N3O5S/c1-16(2)12-20(23(30)28-22(25(32)35)14-18(5)6)27-24(31)21(13-17(3)4)29-26(33)34-15-19-10-8-7-9-11-19/h7-11,16-18,20-22,25,32,35H,12-15H2,1-6H3,(H,27,31)(H,28,30)(H,29,33)/t20-,21-,22-,25+/m0/s1. The third kappa shape index (κ3) is 12.9. The molecular weight excluding hydrogens is 466 g/mol. The molecule has 1 aromatic rings. The predicted molar refractivity (Wildman–Crippen MR) is 141 cm³/mol. The zero-order valence-electron chi connectivity index (χ0n) is 21.8. The molecule has 0 bridgehead atoms. The average Bonchev–Trinajstić information content (AvgIpc) is 2.76. The Bertz CT molecular complexity index is 786. The number of carbonyl (C=O) groups is 3. The molecule has 0 saturated carbocycles. The van der Waals surface area contributed by atoms with E-state index in [1.807, 2.05) is 71.9 Å². The molecule has 35 heavy (non-hydrogen) atoms. The van der Waals surface area contributed by atoms with Gasteiger partial charge >= 0.3 is 6.09 Å². The van der Waals surface area contributed by atoms with Crippen molar-refractivity contribution in [1.82, 2.24) is 16.0 Å². The maximum absolute atomic E-state index is 13.2. The molecule has 0 aliphatic heterocycles. The minimum atomic E-state index is -1.02. The van der Waals surface area contributed by atoms with E-state index in [-0.39, 0.29) is 30.3 Å². The van der Waals surface area contributed by atoms with Gasteiger partial charge in [0.2, 0.25) is 11.8 Å². The van der Waals surface area contributed by atoms with Gasteiger partial charge in [0.25, 0.3) is 0 Å². The van der Waals surface area contributed by atoms with Crippen LogP contribution in [0, 0.1) is 17.8 Å². The number of aliphatic hydroxyl groups excluding tert-OH is 1. The van der Waals surface area contributed by atoms with Gasteiger partial charge in [-0.05, 0) is 42.6 Å². The fourth-order valence-electron chi connectivity index (χ4n) is 3.63. The van der Waals surface area contributed by atoms with Gasteiger partial charge in [0.05, 0.1) is 6.04 Å². The first kappa shape index (κ1) is 30.8. The van der Waals surface area contributed by atoms with E-state index < -0.39 is 35.6 Å². The van der Waals surface area contributed by atoms with Crippen molar-refractivity contribution < 1.29 is 24.2 Å². The second-order valence-electron chi connectivity index (χ2n) is 10.2. The molecule has 3 amide bonds. The van der Waals surface area contributed by atoms with E-state index in [4.69, 9.17) is 4.74 Å². The maximum Gasteiger partial charge on any atom is 0.408 e. The largest absolute Gasteiger partial charge is 0.445 e. The molecule has 1 aromatic carbocycles. The number of ether oxygens (including phenoxy) is 1. The molecule has 0 saturated heterocycles. The van der Waals surface area contributed by atoms with E-state index in [2.05, 4.69) is 28.6 Å². The van der Waals surface area contributed by atoms with Crippen LogP contribution in [-0.2, 0) is 20.9 Å². The van der Waals surface area contributed by atoms with Gasteiger partial charge in [-0.3, -0.25) is 9.59 Å². The number of alkyl carbamates (subject to hydrolysis) is 1. The van der Waals surface area contributed by atoms with Gasteiger partial charge in [-0.1, -0.05) is 71.9 Å². The Morgan fingerprint density at radius 3 is 1.77 bits per heavy atom. The van der Waals surface area contributed by atoms with Crippen LogP contribution in [0.3, 0.4) is 0 Å². The van der Waals surface area contributed by atoms with Gasteiger partial charge in [0.1, 0.15) is 24.1 Å². The fraction of sp³-hybridized carbons (Fsp3) is 0.654. The third-order valence-corrected chi connectivity index (χ3v) is 5.64. The van der Waals surface area contributed by atoms with Gasteiger partial charge < -0.3 is 25.8 Å². The molecule has 0 heterocycles. The lowest BCUT2D eigenvalue weighted by atomic mass is 9.99. The summed E-state index contributed by atoms with van der Waals surface area (Å²) in [5.41, 5.74) is -0.185. The molecule has 0 unspecified atom stereocenters. The highest BCUT2D eigenvalue weighted by atomic mass is 32.1. The monoisotopic (exact) mass is 509 g/mol. The van der Waals surface area contributed by atoms with Crippen molar-refractivity contribution in [3.8, 4) is 0 Å². The lowest BCUT2D eigenvalue weighted by Crippen LogP contribution is -2.56. The Hall–Kier alpha value is -2.26. The summed E-state index contributed by atoms with van der Waals surface area (Å²) in [5, 5.41) is 18.2. The zero-order chi connectivity index (χ0) is 26.5. The summed E-state index contributed by atoms with van der Waals surface area (Å²) >= 11 is 4.10. The zero-order valence-corrected chi connectivity index (χ0v) is 22.7. The van der Waals surface area contributed by atoms with E-state index in [1.165, 1.54) is 0 Å². The Kier molecular flexibility index (Phi) is 13.8. The summed E-state index contributed by atoms with van der Waals surface area (Å²) in [7, 11) is 0. The summed E-state index contributed by atoms with van der Waals surface area (Å²) in [6.07, 6.45) is 0.633. The number of benzene rings is 1. The Morgan fingerprint density at radius 1 is 0.800 bits per heavy atom. The van der Waals surface area contributed by atoms with Gasteiger partial charge in [-0.25, -0.2) is 4.79 Å². The molecule has 0 aromatic heterocycles. The summed E-state index contributed by atoms with van der Waals surface area (Å²) in [4.78, 5) is 38.6. The summed E-state index contributed by atoms with van der Waals surface area (Å²) in [5.74, 6) is -0.360. The molecule has 4 N–H and O–H groups in total. The molecule has 1 rings (SSSR count). The lowest BCUT2D eigenvalue weighted by molar-refractivity contribution is -0.131. The van der Waals surface area contributed by atoms with Crippen LogP contribution in [0.15, 0.2) is 30.3 Å². The number of hydrogen-bond acceptors (Lipinski definition) is 6. The number of thiol groups is 1. The normalized spacial score (nSPS) is 14.8. The molecule has 9 heteroatoms.